The molecular weight excluding hydrogens is 239 g/mol. The molecule has 8 heteroatoms. The first-order valence-electron chi connectivity index (χ1n) is 4.30. The summed E-state index contributed by atoms with van der Waals surface area (Å²) < 4.78 is 40.9. The highest BCUT2D eigenvalue weighted by Gasteiger charge is 2.33. The minimum absolute atomic E-state index is 0.144. The van der Waals surface area contributed by atoms with Crippen molar-refractivity contribution >= 4 is 17.5 Å². The van der Waals surface area contributed by atoms with Crippen molar-refractivity contribution in [3.05, 3.63) is 24.0 Å². The molecule has 1 heterocycles. The fraction of sp³-hybridized carbons (Fsp3) is 0.222. The van der Waals surface area contributed by atoms with Crippen molar-refractivity contribution in [2.24, 2.45) is 10.7 Å². The molecule has 0 saturated heterocycles. The van der Waals surface area contributed by atoms with E-state index in [0.717, 1.165) is 13.3 Å². The Balaban J connectivity index is 3.20. The maximum Gasteiger partial charge on any atom is 0.448 e. The number of carbonyl (C=O) groups excluding carboxylic acids is 1. The largest absolute Gasteiger partial charge is 0.465 e. The quantitative estimate of drug-likeness (QED) is 0.487. The number of methoxy groups -OCH3 is 1. The summed E-state index contributed by atoms with van der Waals surface area (Å²) in [6, 6.07) is 1.19. The van der Waals surface area contributed by atoms with Gasteiger partial charge in [-0.3, -0.25) is 4.98 Å². The average Bonchev–Trinajstić information content (AvgIpc) is 2.27. The lowest BCUT2D eigenvalue weighted by atomic mass is 10.2. The Labute approximate surface area is 94.1 Å². The van der Waals surface area contributed by atoms with Crippen molar-refractivity contribution in [2.75, 3.05) is 7.11 Å². The van der Waals surface area contributed by atoms with Crippen molar-refractivity contribution in [2.45, 2.75) is 6.18 Å². The molecular formula is C9H8F3N3O2. The lowest BCUT2D eigenvalue weighted by Crippen LogP contribution is -2.31. The molecule has 0 radical (unpaired) electrons. The Morgan fingerprint density at radius 2 is 2.18 bits per heavy atom. The Kier molecular flexibility index (Phi) is 3.66. The molecule has 17 heavy (non-hydrogen) atoms. The number of hydrogen-bond acceptors (Lipinski definition) is 4. The predicted molar refractivity (Wildman–Crippen MR) is 52.9 cm³/mol. The Morgan fingerprint density at radius 3 is 2.71 bits per heavy atom. The van der Waals surface area contributed by atoms with E-state index in [1.807, 2.05) is 0 Å². The molecule has 1 aromatic rings. The molecule has 1 rings (SSSR count). The molecule has 0 atom stereocenters. The zero-order valence-electron chi connectivity index (χ0n) is 8.65. The molecule has 0 unspecified atom stereocenters. The zero-order valence-corrected chi connectivity index (χ0v) is 8.65. The fourth-order valence-electron chi connectivity index (χ4n) is 0.951. The van der Waals surface area contributed by atoms with Crippen LogP contribution in [0.15, 0.2) is 23.5 Å². The molecule has 0 saturated carbocycles. The van der Waals surface area contributed by atoms with Crippen LogP contribution in [0.2, 0.25) is 0 Å². The molecule has 0 aliphatic rings. The van der Waals surface area contributed by atoms with Crippen LogP contribution in [-0.4, -0.2) is 30.1 Å². The summed E-state index contributed by atoms with van der Waals surface area (Å²) in [5.74, 6) is -2.38. The molecule has 1 aromatic heterocycles. The van der Waals surface area contributed by atoms with Crippen LogP contribution in [-0.2, 0) is 4.74 Å². The minimum Gasteiger partial charge on any atom is -0.465 e. The number of amidine groups is 1. The maximum atomic E-state index is 12.2. The third-order valence-corrected chi connectivity index (χ3v) is 1.74. The van der Waals surface area contributed by atoms with Crippen LogP contribution in [0.25, 0.3) is 0 Å². The third-order valence-electron chi connectivity index (χ3n) is 1.74. The van der Waals surface area contributed by atoms with Gasteiger partial charge in [-0.2, -0.15) is 13.2 Å². The zero-order chi connectivity index (χ0) is 13.1. The van der Waals surface area contributed by atoms with Crippen LogP contribution >= 0.6 is 0 Å². The molecule has 0 amide bonds. The summed E-state index contributed by atoms with van der Waals surface area (Å²) in [5.41, 5.74) is 4.30. The van der Waals surface area contributed by atoms with Gasteiger partial charge in [-0.15, -0.1) is 0 Å². The molecule has 2 N–H and O–H groups in total. The van der Waals surface area contributed by atoms with Gasteiger partial charge in [0.05, 0.1) is 24.6 Å². The third kappa shape index (κ3) is 3.16. The Morgan fingerprint density at radius 1 is 1.53 bits per heavy atom. The van der Waals surface area contributed by atoms with Gasteiger partial charge >= 0.3 is 12.1 Å². The number of esters is 1. The van der Waals surface area contributed by atoms with Gasteiger partial charge in [-0.25, -0.2) is 9.79 Å². The van der Waals surface area contributed by atoms with Gasteiger partial charge in [0.1, 0.15) is 0 Å². The van der Waals surface area contributed by atoms with Crippen LogP contribution < -0.4 is 5.73 Å². The van der Waals surface area contributed by atoms with E-state index >= 15 is 0 Å². The molecule has 0 bridgehead atoms. The molecule has 5 nitrogen and oxygen atoms in total. The average molecular weight is 247 g/mol. The summed E-state index contributed by atoms with van der Waals surface area (Å²) in [4.78, 5) is 17.9. The number of aromatic nitrogens is 1. The first-order chi connectivity index (χ1) is 7.86. The summed E-state index contributed by atoms with van der Waals surface area (Å²) in [5, 5.41) is 0. The predicted octanol–water partition coefficient (Wildman–Crippen LogP) is 1.42. The highest BCUT2D eigenvalue weighted by Crippen LogP contribution is 2.22. The number of nitrogens with zero attached hydrogens (tertiary/aromatic N) is 2. The number of aliphatic imine (C=N–C) groups is 1. The van der Waals surface area contributed by atoms with Crippen molar-refractivity contribution in [3.63, 3.8) is 0 Å². The number of ether oxygens (including phenoxy) is 1. The van der Waals surface area contributed by atoms with Gasteiger partial charge in [-0.1, -0.05) is 0 Å². The normalized spacial score (nSPS) is 12.4. The van der Waals surface area contributed by atoms with E-state index in [1.54, 1.807) is 0 Å². The number of alkyl halides is 3. The first kappa shape index (κ1) is 12.9. The summed E-state index contributed by atoms with van der Waals surface area (Å²) in [6.07, 6.45) is -2.54. The highest BCUT2D eigenvalue weighted by molar-refractivity contribution is 5.97. The van der Waals surface area contributed by atoms with Crippen LogP contribution in [0.3, 0.4) is 0 Å². The minimum atomic E-state index is -4.76. The van der Waals surface area contributed by atoms with Crippen LogP contribution in [0.4, 0.5) is 18.9 Å². The molecule has 0 aromatic carbocycles. The number of rotatable bonds is 2. The second-order valence-electron chi connectivity index (χ2n) is 2.88. The van der Waals surface area contributed by atoms with Gasteiger partial charge in [0, 0.05) is 6.20 Å². The van der Waals surface area contributed by atoms with Crippen LogP contribution in [0.1, 0.15) is 10.4 Å². The van der Waals surface area contributed by atoms with Crippen LogP contribution in [0.5, 0.6) is 0 Å². The van der Waals surface area contributed by atoms with Crippen molar-refractivity contribution in [1.29, 1.82) is 0 Å². The monoisotopic (exact) mass is 247 g/mol. The second kappa shape index (κ2) is 4.81. The molecule has 0 spiro atoms. The molecule has 0 aliphatic heterocycles. The summed E-state index contributed by atoms with van der Waals surface area (Å²) in [7, 11) is 1.10. The second-order valence-corrected chi connectivity index (χ2v) is 2.88. The highest BCUT2D eigenvalue weighted by atomic mass is 19.4. The number of carbonyl (C=O) groups is 1. The van der Waals surface area contributed by atoms with Crippen molar-refractivity contribution in [3.8, 4) is 0 Å². The topological polar surface area (TPSA) is 77.6 Å². The van der Waals surface area contributed by atoms with E-state index in [1.165, 1.54) is 12.3 Å². The van der Waals surface area contributed by atoms with Gasteiger partial charge < -0.3 is 10.5 Å². The summed E-state index contributed by atoms with van der Waals surface area (Å²) >= 11 is 0. The number of hydrogen-bond donors (Lipinski definition) is 1. The van der Waals surface area contributed by atoms with E-state index in [4.69, 9.17) is 5.73 Å². The number of pyridine rings is 1. The Bertz CT molecular complexity index is 457. The van der Waals surface area contributed by atoms with Crippen molar-refractivity contribution in [1.82, 2.24) is 4.98 Å². The van der Waals surface area contributed by atoms with Gasteiger partial charge in [0.2, 0.25) is 5.84 Å². The van der Waals surface area contributed by atoms with Gasteiger partial charge in [0.15, 0.2) is 0 Å². The van der Waals surface area contributed by atoms with E-state index in [-0.39, 0.29) is 11.3 Å². The smallest absolute Gasteiger partial charge is 0.448 e. The van der Waals surface area contributed by atoms with E-state index < -0.39 is 18.0 Å². The van der Waals surface area contributed by atoms with Gasteiger partial charge in [0.25, 0.3) is 0 Å². The lowest BCUT2D eigenvalue weighted by molar-refractivity contribution is -0.0598. The first-order valence-corrected chi connectivity index (χ1v) is 4.30. The standard InChI is InChI=1S/C9H8F3N3O2/c1-17-7(16)5-2-3-14-4-6(5)15-8(13)9(10,11)12/h2-4H,1H3,(H2,13,15). The van der Waals surface area contributed by atoms with Crippen LogP contribution in [0, 0.1) is 0 Å². The summed E-state index contributed by atoms with van der Waals surface area (Å²) in [6.45, 7) is 0. The van der Waals surface area contributed by atoms with Gasteiger partial charge in [-0.05, 0) is 6.07 Å². The lowest BCUT2D eigenvalue weighted by Gasteiger charge is -2.06. The molecule has 0 aliphatic carbocycles. The number of halogens is 3. The molecule has 92 valence electrons. The van der Waals surface area contributed by atoms with E-state index in [9.17, 15) is 18.0 Å². The van der Waals surface area contributed by atoms with E-state index in [0.29, 0.717) is 0 Å². The maximum absolute atomic E-state index is 12.2. The van der Waals surface area contributed by atoms with E-state index in [2.05, 4.69) is 14.7 Å². The molecule has 0 fully saturated rings. The van der Waals surface area contributed by atoms with Crippen molar-refractivity contribution < 1.29 is 22.7 Å². The Hall–Kier alpha value is -2.12. The number of nitrogens with two attached hydrogens (primary N) is 1. The SMILES string of the molecule is COC(=O)c1ccncc1N=C(N)C(F)(F)F. The fourth-order valence-corrected chi connectivity index (χ4v) is 0.951.